The van der Waals surface area contributed by atoms with Gasteiger partial charge in [-0.2, -0.15) is 5.10 Å². The minimum atomic E-state index is -1.02. The molecule has 2 heterocycles. The highest BCUT2D eigenvalue weighted by molar-refractivity contribution is 5.77. The van der Waals surface area contributed by atoms with Crippen molar-refractivity contribution in [2.45, 2.75) is 19.1 Å². The van der Waals surface area contributed by atoms with Gasteiger partial charge in [0, 0.05) is 30.7 Å². The summed E-state index contributed by atoms with van der Waals surface area (Å²) >= 11 is 0. The van der Waals surface area contributed by atoms with Crippen molar-refractivity contribution in [3.63, 3.8) is 0 Å². The monoisotopic (exact) mass is 303 g/mol. The van der Waals surface area contributed by atoms with Crippen LogP contribution in [0.25, 0.3) is 11.0 Å². The van der Waals surface area contributed by atoms with Crippen LogP contribution in [-0.2, 0) is 19.2 Å². The van der Waals surface area contributed by atoms with E-state index < -0.39 is 5.60 Å². The van der Waals surface area contributed by atoms with Gasteiger partial charge in [0.2, 0.25) is 0 Å². The number of aliphatic hydroxyl groups is 1. The highest BCUT2D eigenvalue weighted by Crippen LogP contribution is 2.21. The van der Waals surface area contributed by atoms with Crippen molar-refractivity contribution in [3.05, 3.63) is 53.8 Å². The zero-order chi connectivity index (χ0) is 15.7. The maximum Gasteiger partial charge on any atom is 0.134 e. The first-order valence-corrected chi connectivity index (χ1v) is 7.04. The quantitative estimate of drug-likeness (QED) is 0.759. The van der Waals surface area contributed by atoms with E-state index in [1.807, 2.05) is 0 Å². The van der Waals surface area contributed by atoms with Gasteiger partial charge in [0.1, 0.15) is 22.8 Å². The van der Waals surface area contributed by atoms with Crippen molar-refractivity contribution in [2.75, 3.05) is 6.54 Å². The largest absolute Gasteiger partial charge is 0.460 e. The fraction of sp³-hybridized carbons (Fsp3) is 0.312. The summed E-state index contributed by atoms with van der Waals surface area (Å²) in [6.45, 7) is 2.53. The van der Waals surface area contributed by atoms with E-state index in [0.29, 0.717) is 24.4 Å². The number of rotatable bonds is 5. The van der Waals surface area contributed by atoms with Gasteiger partial charge in [-0.1, -0.05) is 0 Å². The SMILES string of the molecule is Cn1cc(C(C)(O)CNCc2cc3cc(F)ccc3o2)cn1. The number of furan rings is 1. The van der Waals surface area contributed by atoms with E-state index in [1.54, 1.807) is 43.2 Å². The van der Waals surface area contributed by atoms with E-state index in [-0.39, 0.29) is 5.82 Å². The molecule has 0 radical (unpaired) electrons. The number of aromatic nitrogens is 2. The van der Waals surface area contributed by atoms with Crippen molar-refractivity contribution in [3.8, 4) is 0 Å². The molecule has 2 N–H and O–H groups in total. The summed E-state index contributed by atoms with van der Waals surface area (Å²) < 4.78 is 20.4. The molecule has 3 aromatic rings. The Bertz CT molecular complexity index is 792. The van der Waals surface area contributed by atoms with Gasteiger partial charge in [0.15, 0.2) is 0 Å². The number of nitrogens with zero attached hydrogens (tertiary/aromatic N) is 2. The van der Waals surface area contributed by atoms with Crippen LogP contribution in [0.5, 0.6) is 0 Å². The number of hydrogen-bond acceptors (Lipinski definition) is 4. The van der Waals surface area contributed by atoms with Gasteiger partial charge in [0.25, 0.3) is 0 Å². The van der Waals surface area contributed by atoms with Crippen molar-refractivity contribution in [1.29, 1.82) is 0 Å². The Labute approximate surface area is 127 Å². The molecule has 22 heavy (non-hydrogen) atoms. The van der Waals surface area contributed by atoms with E-state index in [0.717, 1.165) is 10.9 Å². The van der Waals surface area contributed by atoms with E-state index in [2.05, 4.69) is 10.4 Å². The first-order valence-electron chi connectivity index (χ1n) is 7.04. The maximum absolute atomic E-state index is 13.1. The number of aryl methyl sites for hydroxylation is 1. The fourth-order valence-corrected chi connectivity index (χ4v) is 2.39. The summed E-state index contributed by atoms with van der Waals surface area (Å²) in [5.74, 6) is 0.412. The van der Waals surface area contributed by atoms with Crippen LogP contribution >= 0.6 is 0 Å². The van der Waals surface area contributed by atoms with Gasteiger partial charge in [-0.15, -0.1) is 0 Å². The van der Waals surface area contributed by atoms with Gasteiger partial charge in [-0.3, -0.25) is 4.68 Å². The second-order valence-corrected chi connectivity index (χ2v) is 5.67. The molecular weight excluding hydrogens is 285 g/mol. The van der Waals surface area contributed by atoms with Crippen LogP contribution in [0.2, 0.25) is 0 Å². The molecule has 0 saturated heterocycles. The third-order valence-electron chi connectivity index (χ3n) is 3.62. The minimum absolute atomic E-state index is 0.285. The molecule has 0 saturated carbocycles. The molecule has 1 unspecified atom stereocenters. The van der Waals surface area contributed by atoms with Crippen LogP contribution in [0.3, 0.4) is 0 Å². The number of nitrogens with one attached hydrogen (secondary N) is 1. The standard InChI is InChI=1S/C16H18FN3O2/c1-16(21,12-7-19-20(2)9-12)10-18-8-14-6-11-5-13(17)3-4-15(11)22-14/h3-7,9,18,21H,8,10H2,1-2H3. The highest BCUT2D eigenvalue weighted by atomic mass is 19.1. The van der Waals surface area contributed by atoms with E-state index in [9.17, 15) is 9.50 Å². The lowest BCUT2D eigenvalue weighted by Gasteiger charge is -2.22. The molecule has 0 aliphatic rings. The molecule has 0 aliphatic carbocycles. The summed E-state index contributed by atoms with van der Waals surface area (Å²) in [7, 11) is 1.81. The predicted molar refractivity (Wildman–Crippen MR) is 80.7 cm³/mol. The van der Waals surface area contributed by atoms with Gasteiger partial charge in [-0.05, 0) is 31.2 Å². The van der Waals surface area contributed by atoms with Crippen molar-refractivity contribution in [1.82, 2.24) is 15.1 Å². The Morgan fingerprint density at radius 2 is 2.23 bits per heavy atom. The van der Waals surface area contributed by atoms with Crippen LogP contribution in [0.15, 0.2) is 41.1 Å². The molecule has 1 aromatic carbocycles. The summed E-state index contributed by atoms with van der Waals surface area (Å²) in [6, 6.07) is 6.22. The lowest BCUT2D eigenvalue weighted by Crippen LogP contribution is -2.34. The van der Waals surface area contributed by atoms with Crippen LogP contribution in [0, 0.1) is 5.82 Å². The number of hydrogen-bond donors (Lipinski definition) is 2. The second kappa shape index (κ2) is 5.55. The van der Waals surface area contributed by atoms with E-state index >= 15 is 0 Å². The predicted octanol–water partition coefficient (Wildman–Crippen LogP) is 2.30. The van der Waals surface area contributed by atoms with Gasteiger partial charge < -0.3 is 14.8 Å². The molecule has 6 heteroatoms. The fourth-order valence-electron chi connectivity index (χ4n) is 2.39. The summed E-state index contributed by atoms with van der Waals surface area (Å²) in [5, 5.41) is 18.4. The molecule has 0 aliphatic heterocycles. The third-order valence-corrected chi connectivity index (χ3v) is 3.62. The highest BCUT2D eigenvalue weighted by Gasteiger charge is 2.24. The molecule has 2 aromatic heterocycles. The van der Waals surface area contributed by atoms with E-state index in [1.165, 1.54) is 12.1 Å². The van der Waals surface area contributed by atoms with Crippen LogP contribution < -0.4 is 5.32 Å². The average Bonchev–Trinajstić information content (AvgIpc) is 3.04. The van der Waals surface area contributed by atoms with Crippen LogP contribution in [-0.4, -0.2) is 21.4 Å². The first kappa shape index (κ1) is 14.7. The summed E-state index contributed by atoms with van der Waals surface area (Å²) in [6.07, 6.45) is 3.43. The maximum atomic E-state index is 13.1. The van der Waals surface area contributed by atoms with Crippen LogP contribution in [0.4, 0.5) is 4.39 Å². The minimum Gasteiger partial charge on any atom is -0.460 e. The molecular formula is C16H18FN3O2. The summed E-state index contributed by atoms with van der Waals surface area (Å²) in [5.41, 5.74) is 0.373. The Morgan fingerprint density at radius 3 is 2.95 bits per heavy atom. The van der Waals surface area contributed by atoms with Crippen LogP contribution in [0.1, 0.15) is 18.2 Å². The van der Waals surface area contributed by atoms with Gasteiger partial charge in [-0.25, -0.2) is 4.39 Å². The molecule has 0 bridgehead atoms. The van der Waals surface area contributed by atoms with Crippen molar-refractivity contribution in [2.24, 2.45) is 7.05 Å². The Morgan fingerprint density at radius 1 is 1.41 bits per heavy atom. The topological polar surface area (TPSA) is 63.2 Å². The lowest BCUT2D eigenvalue weighted by atomic mass is 10.00. The molecule has 116 valence electrons. The molecule has 0 spiro atoms. The Balaban J connectivity index is 1.64. The Hall–Kier alpha value is -2.18. The first-order chi connectivity index (χ1) is 10.4. The smallest absolute Gasteiger partial charge is 0.134 e. The number of halogens is 1. The molecule has 0 amide bonds. The third kappa shape index (κ3) is 3.03. The normalized spacial score (nSPS) is 14.4. The average molecular weight is 303 g/mol. The van der Waals surface area contributed by atoms with Gasteiger partial charge in [0.05, 0.1) is 12.7 Å². The lowest BCUT2D eigenvalue weighted by molar-refractivity contribution is 0.0562. The van der Waals surface area contributed by atoms with Crippen molar-refractivity contribution < 1.29 is 13.9 Å². The van der Waals surface area contributed by atoms with E-state index in [4.69, 9.17) is 4.42 Å². The molecule has 1 atom stereocenters. The molecule has 3 rings (SSSR count). The second-order valence-electron chi connectivity index (χ2n) is 5.67. The van der Waals surface area contributed by atoms with Crippen molar-refractivity contribution >= 4 is 11.0 Å². The number of benzene rings is 1. The number of fused-ring (bicyclic) bond motifs is 1. The van der Waals surface area contributed by atoms with Gasteiger partial charge >= 0.3 is 0 Å². The molecule has 0 fully saturated rings. The Kier molecular flexibility index (Phi) is 3.72. The zero-order valence-electron chi connectivity index (χ0n) is 12.5. The zero-order valence-corrected chi connectivity index (χ0v) is 12.5. The molecule has 5 nitrogen and oxygen atoms in total. The summed E-state index contributed by atoms with van der Waals surface area (Å²) in [4.78, 5) is 0.